The minimum absolute atomic E-state index is 0.0702. The largest absolute Gasteiger partial charge is 0.480 e. The minimum Gasteiger partial charge on any atom is -0.480 e. The Hall–Kier alpha value is -0.750. The Morgan fingerprint density at radius 3 is 2.24 bits per heavy atom. The summed E-state index contributed by atoms with van der Waals surface area (Å²) in [5.74, 6) is 0.467. The number of aliphatic hydroxyl groups excluding tert-OH is 1. The summed E-state index contributed by atoms with van der Waals surface area (Å²) in [6, 6.07) is -0.849. The molecule has 5 nitrogen and oxygen atoms in total. The molecule has 3 N–H and O–H groups in total. The minimum atomic E-state index is -0.995. The first kappa shape index (κ1) is 20.2. The number of hydrogen-bond donors (Lipinski definition) is 3. The van der Waals surface area contributed by atoms with Gasteiger partial charge >= 0.3 is 5.97 Å². The second-order valence-electron chi connectivity index (χ2n) is 5.23. The van der Waals surface area contributed by atoms with Gasteiger partial charge in [-0.25, -0.2) is 4.79 Å². The molecule has 0 aliphatic heterocycles. The number of amides is 1. The van der Waals surface area contributed by atoms with Crippen LogP contribution in [0.3, 0.4) is 0 Å². The molecule has 124 valence electrons. The van der Waals surface area contributed by atoms with E-state index in [2.05, 4.69) is 12.2 Å². The summed E-state index contributed by atoms with van der Waals surface area (Å²) in [5, 5.41) is 21.1. The molecule has 6 heteroatoms. The van der Waals surface area contributed by atoms with Crippen molar-refractivity contribution in [3.05, 3.63) is 0 Å². The van der Waals surface area contributed by atoms with Crippen molar-refractivity contribution in [3.63, 3.8) is 0 Å². The Kier molecular flexibility index (Phi) is 10.5. The van der Waals surface area contributed by atoms with Crippen LogP contribution < -0.4 is 5.32 Å². The maximum absolute atomic E-state index is 12.4. The molecule has 0 heterocycles. The van der Waals surface area contributed by atoms with Gasteiger partial charge in [0, 0.05) is 6.61 Å². The van der Waals surface area contributed by atoms with Gasteiger partial charge in [-0.15, -0.1) is 0 Å². The third-order valence-corrected chi connectivity index (χ3v) is 5.15. The molecule has 0 aromatic rings. The van der Waals surface area contributed by atoms with E-state index in [0.717, 1.165) is 17.9 Å². The fourth-order valence-electron chi connectivity index (χ4n) is 2.27. The van der Waals surface area contributed by atoms with E-state index in [4.69, 9.17) is 5.11 Å². The van der Waals surface area contributed by atoms with Gasteiger partial charge in [-0.05, 0) is 43.6 Å². The molecule has 0 aromatic heterocycles. The van der Waals surface area contributed by atoms with Gasteiger partial charge in [0.15, 0.2) is 0 Å². The summed E-state index contributed by atoms with van der Waals surface area (Å²) < 4.78 is 0. The third-order valence-electron chi connectivity index (χ3n) is 3.93. The highest BCUT2D eigenvalue weighted by atomic mass is 32.2. The van der Waals surface area contributed by atoms with Gasteiger partial charge in [-0.1, -0.05) is 20.8 Å². The fourth-order valence-corrected chi connectivity index (χ4v) is 3.16. The molecule has 0 aliphatic carbocycles. The standard InChI is InChI=1S/C15H29NO4S/c1-4-10-21-11-7-12(13(18)19)16-14(20)15(5-2,6-3)8-9-17/h12,17H,4-11H2,1-3H3,(H,16,20)(H,18,19). The number of aliphatic hydroxyl groups is 1. The molecule has 0 bridgehead atoms. The van der Waals surface area contributed by atoms with Crippen LogP contribution in [0.4, 0.5) is 0 Å². The van der Waals surface area contributed by atoms with Crippen molar-refractivity contribution in [3.8, 4) is 0 Å². The monoisotopic (exact) mass is 319 g/mol. The highest BCUT2D eigenvalue weighted by molar-refractivity contribution is 7.99. The Morgan fingerprint density at radius 2 is 1.81 bits per heavy atom. The smallest absolute Gasteiger partial charge is 0.326 e. The van der Waals surface area contributed by atoms with Gasteiger partial charge in [0.25, 0.3) is 0 Å². The SMILES string of the molecule is CCCSCCC(NC(=O)C(CC)(CC)CCO)C(=O)O. The van der Waals surface area contributed by atoms with E-state index in [1.807, 2.05) is 13.8 Å². The first-order valence-electron chi connectivity index (χ1n) is 7.69. The van der Waals surface area contributed by atoms with Crippen LogP contribution in [-0.4, -0.2) is 46.2 Å². The van der Waals surface area contributed by atoms with Crippen molar-refractivity contribution in [2.45, 2.75) is 58.9 Å². The number of nitrogens with one attached hydrogen (secondary N) is 1. The second kappa shape index (κ2) is 10.9. The Labute approximate surface area is 131 Å². The molecule has 1 unspecified atom stereocenters. The Bertz CT molecular complexity index is 319. The van der Waals surface area contributed by atoms with Gasteiger partial charge < -0.3 is 15.5 Å². The van der Waals surface area contributed by atoms with Crippen LogP contribution in [0.5, 0.6) is 0 Å². The lowest BCUT2D eigenvalue weighted by atomic mass is 9.78. The summed E-state index contributed by atoms with van der Waals surface area (Å²) in [6.45, 7) is 5.80. The average molecular weight is 319 g/mol. The summed E-state index contributed by atoms with van der Waals surface area (Å²) in [7, 11) is 0. The first-order valence-corrected chi connectivity index (χ1v) is 8.85. The molecule has 1 amide bonds. The number of thioether (sulfide) groups is 1. The highest BCUT2D eigenvalue weighted by Gasteiger charge is 2.36. The number of rotatable bonds is 12. The number of carbonyl (C=O) groups is 2. The molecule has 0 fully saturated rings. The van der Waals surface area contributed by atoms with E-state index >= 15 is 0 Å². The fraction of sp³-hybridized carbons (Fsp3) is 0.867. The Morgan fingerprint density at radius 1 is 1.19 bits per heavy atom. The van der Waals surface area contributed by atoms with Crippen LogP contribution in [-0.2, 0) is 9.59 Å². The topological polar surface area (TPSA) is 86.6 Å². The van der Waals surface area contributed by atoms with Crippen LogP contribution in [0.15, 0.2) is 0 Å². The molecule has 1 atom stereocenters. The van der Waals surface area contributed by atoms with E-state index in [0.29, 0.717) is 25.7 Å². The van der Waals surface area contributed by atoms with E-state index in [9.17, 15) is 14.7 Å². The van der Waals surface area contributed by atoms with Crippen LogP contribution in [0.1, 0.15) is 52.9 Å². The third kappa shape index (κ3) is 6.70. The van der Waals surface area contributed by atoms with E-state index < -0.39 is 17.4 Å². The van der Waals surface area contributed by atoms with E-state index in [1.165, 1.54) is 0 Å². The summed E-state index contributed by atoms with van der Waals surface area (Å²) >= 11 is 1.70. The molecule has 0 aliphatic rings. The highest BCUT2D eigenvalue weighted by Crippen LogP contribution is 2.30. The molecule has 0 aromatic carbocycles. The van der Waals surface area contributed by atoms with Crippen molar-refractivity contribution in [2.75, 3.05) is 18.1 Å². The summed E-state index contributed by atoms with van der Waals surface area (Å²) in [6.07, 6.45) is 3.02. The quantitative estimate of drug-likeness (QED) is 0.480. The van der Waals surface area contributed by atoms with Crippen molar-refractivity contribution < 1.29 is 19.8 Å². The second-order valence-corrected chi connectivity index (χ2v) is 6.45. The zero-order valence-corrected chi connectivity index (χ0v) is 14.2. The van der Waals surface area contributed by atoms with Crippen LogP contribution in [0.25, 0.3) is 0 Å². The number of carbonyl (C=O) groups excluding carboxylic acids is 1. The van der Waals surface area contributed by atoms with Gasteiger partial charge in [0.1, 0.15) is 6.04 Å². The van der Waals surface area contributed by atoms with Gasteiger partial charge in [-0.3, -0.25) is 4.79 Å². The molecule has 21 heavy (non-hydrogen) atoms. The normalized spacial score (nSPS) is 13.0. The van der Waals surface area contributed by atoms with Crippen LogP contribution in [0, 0.1) is 5.41 Å². The molecule has 0 saturated heterocycles. The number of carboxylic acids is 1. The zero-order valence-electron chi connectivity index (χ0n) is 13.4. The first-order chi connectivity index (χ1) is 9.97. The van der Waals surface area contributed by atoms with Crippen molar-refractivity contribution in [2.24, 2.45) is 5.41 Å². The molecule has 0 radical (unpaired) electrons. The van der Waals surface area contributed by atoms with Crippen molar-refractivity contribution in [1.29, 1.82) is 0 Å². The molecule has 0 saturated carbocycles. The lowest BCUT2D eigenvalue weighted by molar-refractivity contribution is -0.144. The van der Waals surface area contributed by atoms with Crippen molar-refractivity contribution in [1.82, 2.24) is 5.32 Å². The molecular weight excluding hydrogens is 290 g/mol. The van der Waals surface area contributed by atoms with Gasteiger partial charge in [0.2, 0.25) is 5.91 Å². The van der Waals surface area contributed by atoms with Crippen LogP contribution >= 0.6 is 11.8 Å². The lowest BCUT2D eigenvalue weighted by Gasteiger charge is -2.31. The maximum Gasteiger partial charge on any atom is 0.326 e. The average Bonchev–Trinajstić information content (AvgIpc) is 2.47. The summed E-state index contributed by atoms with van der Waals surface area (Å²) in [5.41, 5.74) is -0.668. The lowest BCUT2D eigenvalue weighted by Crippen LogP contribution is -2.48. The molecule has 0 rings (SSSR count). The molecule has 0 spiro atoms. The molecular formula is C15H29NO4S. The number of hydrogen-bond acceptors (Lipinski definition) is 4. The van der Waals surface area contributed by atoms with E-state index in [1.54, 1.807) is 11.8 Å². The number of aliphatic carboxylic acids is 1. The van der Waals surface area contributed by atoms with Crippen LogP contribution in [0.2, 0.25) is 0 Å². The summed E-state index contributed by atoms with van der Waals surface area (Å²) in [4.78, 5) is 23.7. The Balaban J connectivity index is 4.67. The van der Waals surface area contributed by atoms with Gasteiger partial charge in [-0.2, -0.15) is 11.8 Å². The predicted octanol–water partition coefficient (Wildman–Crippen LogP) is 2.28. The number of carboxylic acid groups (broad SMARTS) is 1. The van der Waals surface area contributed by atoms with Crippen molar-refractivity contribution >= 4 is 23.6 Å². The van der Waals surface area contributed by atoms with Gasteiger partial charge in [0.05, 0.1) is 5.41 Å². The maximum atomic E-state index is 12.4. The zero-order chi connectivity index (χ0) is 16.3. The van der Waals surface area contributed by atoms with E-state index in [-0.39, 0.29) is 12.5 Å². The predicted molar refractivity (Wildman–Crippen MR) is 86.5 cm³/mol.